The number of halogens is 6. The largest absolute Gasteiger partial charge is 0.416 e. The standard InChI is InChI=1S/C13H14F6N2O2S/c1-23-5-8(20)11(22)21-9-4-7(13(17,18)19)2-3-10(9)24-6-12(14,15)16/h2-4,8H,5-6,20H2,1H3,(H,21,22). The van der Waals surface area contributed by atoms with Gasteiger partial charge in [-0.3, -0.25) is 4.79 Å². The minimum Gasteiger partial charge on any atom is -0.383 e. The molecule has 1 unspecified atom stereocenters. The number of anilines is 1. The van der Waals surface area contributed by atoms with Crippen molar-refractivity contribution in [2.24, 2.45) is 5.73 Å². The van der Waals surface area contributed by atoms with Crippen LogP contribution in [0.5, 0.6) is 0 Å². The van der Waals surface area contributed by atoms with Gasteiger partial charge in [-0.05, 0) is 18.2 Å². The van der Waals surface area contributed by atoms with E-state index in [1.165, 1.54) is 7.11 Å². The molecule has 1 aromatic carbocycles. The number of methoxy groups -OCH3 is 1. The lowest BCUT2D eigenvalue weighted by Gasteiger charge is -2.17. The summed E-state index contributed by atoms with van der Waals surface area (Å²) in [6.07, 6.45) is -9.22. The molecule has 1 atom stereocenters. The molecule has 0 aliphatic rings. The molecular weight excluding hydrogens is 362 g/mol. The van der Waals surface area contributed by atoms with Crippen molar-refractivity contribution in [2.75, 3.05) is 24.8 Å². The molecule has 1 aromatic rings. The first kappa shape index (κ1) is 20.6. The number of benzene rings is 1. The number of nitrogens with two attached hydrogens (primary N) is 1. The van der Waals surface area contributed by atoms with Gasteiger partial charge in [0.2, 0.25) is 5.91 Å². The molecule has 0 aromatic heterocycles. The van der Waals surface area contributed by atoms with Crippen LogP contribution < -0.4 is 11.1 Å². The average molecular weight is 376 g/mol. The van der Waals surface area contributed by atoms with Crippen molar-refractivity contribution >= 4 is 23.4 Å². The molecule has 3 N–H and O–H groups in total. The smallest absolute Gasteiger partial charge is 0.383 e. The van der Waals surface area contributed by atoms with E-state index in [1.807, 2.05) is 0 Å². The number of amides is 1. The van der Waals surface area contributed by atoms with Crippen LogP contribution in [-0.4, -0.2) is 37.6 Å². The van der Waals surface area contributed by atoms with E-state index >= 15 is 0 Å². The second-order valence-corrected chi connectivity index (χ2v) is 5.68. The minimum absolute atomic E-state index is 0.154. The van der Waals surface area contributed by atoms with E-state index in [0.29, 0.717) is 12.1 Å². The van der Waals surface area contributed by atoms with Crippen molar-refractivity contribution in [3.63, 3.8) is 0 Å². The molecule has 0 spiro atoms. The van der Waals surface area contributed by atoms with Crippen LogP contribution in [0.2, 0.25) is 0 Å². The Balaban J connectivity index is 3.08. The van der Waals surface area contributed by atoms with E-state index in [2.05, 4.69) is 10.1 Å². The first-order chi connectivity index (χ1) is 10.9. The zero-order valence-corrected chi connectivity index (χ0v) is 13.1. The summed E-state index contributed by atoms with van der Waals surface area (Å²) < 4.78 is 79.8. The van der Waals surface area contributed by atoms with Crippen LogP contribution in [0.1, 0.15) is 5.56 Å². The number of hydrogen-bond acceptors (Lipinski definition) is 4. The maximum absolute atomic E-state index is 12.7. The number of rotatable bonds is 6. The van der Waals surface area contributed by atoms with Gasteiger partial charge in [-0.2, -0.15) is 26.3 Å². The Hall–Kier alpha value is -1.46. The summed E-state index contributed by atoms with van der Waals surface area (Å²) in [7, 11) is 1.27. The van der Waals surface area contributed by atoms with Crippen molar-refractivity contribution in [1.82, 2.24) is 0 Å². The number of carbonyl (C=O) groups excluding carboxylic acids is 1. The van der Waals surface area contributed by atoms with Crippen LogP contribution in [0.3, 0.4) is 0 Å². The SMILES string of the molecule is COCC(N)C(=O)Nc1cc(C(F)(F)F)ccc1SCC(F)(F)F. The number of nitrogens with one attached hydrogen (secondary N) is 1. The topological polar surface area (TPSA) is 64.3 Å². The summed E-state index contributed by atoms with van der Waals surface area (Å²) in [4.78, 5) is 11.6. The van der Waals surface area contributed by atoms with Crippen LogP contribution in [0.25, 0.3) is 0 Å². The van der Waals surface area contributed by atoms with E-state index in [4.69, 9.17) is 5.73 Å². The van der Waals surface area contributed by atoms with Crippen LogP contribution in [0.4, 0.5) is 32.0 Å². The highest BCUT2D eigenvalue weighted by Crippen LogP contribution is 2.37. The first-order valence-corrected chi connectivity index (χ1v) is 7.39. The summed E-state index contributed by atoms with van der Waals surface area (Å²) in [5.74, 6) is -2.18. The molecule has 0 saturated carbocycles. The predicted octanol–water partition coefficient (Wildman–Crippen LogP) is 3.27. The van der Waals surface area contributed by atoms with Crippen molar-refractivity contribution in [3.05, 3.63) is 23.8 Å². The summed E-state index contributed by atoms with van der Waals surface area (Å²) >= 11 is 0.261. The second kappa shape index (κ2) is 8.08. The Kier molecular flexibility index (Phi) is 6.93. The molecule has 1 rings (SSSR count). The molecule has 136 valence electrons. The maximum Gasteiger partial charge on any atom is 0.416 e. The van der Waals surface area contributed by atoms with Gasteiger partial charge >= 0.3 is 12.4 Å². The minimum atomic E-state index is -4.71. The zero-order chi connectivity index (χ0) is 18.5. The Morgan fingerprint density at radius 1 is 1.29 bits per heavy atom. The molecule has 0 aliphatic heterocycles. The monoisotopic (exact) mass is 376 g/mol. The first-order valence-electron chi connectivity index (χ1n) is 6.40. The van der Waals surface area contributed by atoms with Gasteiger partial charge in [0.25, 0.3) is 0 Å². The summed E-state index contributed by atoms with van der Waals surface area (Å²) in [5.41, 5.74) is 3.95. The van der Waals surface area contributed by atoms with Crippen LogP contribution in [0.15, 0.2) is 23.1 Å². The van der Waals surface area contributed by atoms with Crippen molar-refractivity contribution < 1.29 is 35.9 Å². The molecule has 0 radical (unpaired) electrons. The highest BCUT2D eigenvalue weighted by Gasteiger charge is 2.32. The number of alkyl halides is 6. The Bertz CT molecular complexity index is 577. The van der Waals surface area contributed by atoms with E-state index in [0.717, 1.165) is 6.07 Å². The zero-order valence-electron chi connectivity index (χ0n) is 12.3. The third kappa shape index (κ3) is 6.57. The van der Waals surface area contributed by atoms with Gasteiger partial charge in [0.1, 0.15) is 6.04 Å². The van der Waals surface area contributed by atoms with Crippen molar-refractivity contribution in [3.8, 4) is 0 Å². The quantitative estimate of drug-likeness (QED) is 0.591. The van der Waals surface area contributed by atoms with E-state index < -0.39 is 41.3 Å². The number of ether oxygens (including phenoxy) is 1. The molecule has 0 saturated heterocycles. The fraction of sp³-hybridized carbons (Fsp3) is 0.462. The van der Waals surface area contributed by atoms with Crippen LogP contribution in [-0.2, 0) is 15.7 Å². The summed E-state index contributed by atoms with van der Waals surface area (Å²) in [5, 5.41) is 2.11. The normalized spacial score (nSPS) is 13.7. The number of thioether (sulfide) groups is 1. The third-order valence-corrected chi connectivity index (χ3v) is 3.78. The van der Waals surface area contributed by atoms with Crippen molar-refractivity contribution in [1.29, 1.82) is 0 Å². The van der Waals surface area contributed by atoms with Gasteiger partial charge < -0.3 is 15.8 Å². The molecule has 11 heteroatoms. The van der Waals surface area contributed by atoms with Gasteiger partial charge in [0.05, 0.1) is 23.6 Å². The molecule has 0 heterocycles. The predicted molar refractivity (Wildman–Crippen MR) is 76.7 cm³/mol. The van der Waals surface area contributed by atoms with Gasteiger partial charge in [0, 0.05) is 12.0 Å². The van der Waals surface area contributed by atoms with Gasteiger partial charge in [-0.1, -0.05) is 0 Å². The van der Waals surface area contributed by atoms with E-state index in [9.17, 15) is 31.1 Å². The number of carbonyl (C=O) groups is 1. The third-order valence-electron chi connectivity index (χ3n) is 2.64. The lowest BCUT2D eigenvalue weighted by molar-refractivity contribution is -0.137. The van der Waals surface area contributed by atoms with Crippen LogP contribution in [0, 0.1) is 0 Å². The molecule has 24 heavy (non-hydrogen) atoms. The highest BCUT2D eigenvalue weighted by molar-refractivity contribution is 7.99. The molecular formula is C13H14F6N2O2S. The maximum atomic E-state index is 12.7. The van der Waals surface area contributed by atoms with E-state index in [1.54, 1.807) is 0 Å². The highest BCUT2D eigenvalue weighted by atomic mass is 32.2. The van der Waals surface area contributed by atoms with E-state index in [-0.39, 0.29) is 23.3 Å². The Morgan fingerprint density at radius 3 is 2.42 bits per heavy atom. The molecule has 1 amide bonds. The molecule has 0 bridgehead atoms. The Labute approximate surface area is 137 Å². The average Bonchev–Trinajstić information content (AvgIpc) is 2.44. The fourth-order valence-corrected chi connectivity index (χ4v) is 2.32. The fourth-order valence-electron chi connectivity index (χ4n) is 1.57. The second-order valence-electron chi connectivity index (χ2n) is 4.66. The molecule has 4 nitrogen and oxygen atoms in total. The lowest BCUT2D eigenvalue weighted by atomic mass is 10.2. The van der Waals surface area contributed by atoms with Crippen molar-refractivity contribution in [2.45, 2.75) is 23.3 Å². The summed E-state index contributed by atoms with van der Waals surface area (Å²) in [6, 6.07) is 0.904. The van der Waals surface area contributed by atoms with Gasteiger partial charge in [-0.25, -0.2) is 0 Å². The molecule has 0 fully saturated rings. The Morgan fingerprint density at radius 2 is 1.92 bits per heavy atom. The van der Waals surface area contributed by atoms with Gasteiger partial charge in [0.15, 0.2) is 0 Å². The summed E-state index contributed by atoms with van der Waals surface area (Å²) in [6.45, 7) is -0.199. The van der Waals surface area contributed by atoms with Gasteiger partial charge in [-0.15, -0.1) is 11.8 Å². The lowest BCUT2D eigenvalue weighted by Crippen LogP contribution is -2.39. The molecule has 0 aliphatic carbocycles. The number of hydrogen-bond donors (Lipinski definition) is 2. The van der Waals surface area contributed by atoms with Crippen LogP contribution >= 0.6 is 11.8 Å².